The molecule has 1 aromatic heterocycles. The maximum Gasteiger partial charge on any atom is 0.227 e. The zero-order valence-corrected chi connectivity index (χ0v) is 12.6. The van der Waals surface area contributed by atoms with Gasteiger partial charge in [0.05, 0.1) is 23.4 Å². The zero-order chi connectivity index (χ0) is 16.3. The topological polar surface area (TPSA) is 92.9 Å². The summed E-state index contributed by atoms with van der Waals surface area (Å²) >= 11 is 0. The van der Waals surface area contributed by atoms with E-state index in [-0.39, 0.29) is 12.1 Å². The molecule has 1 aliphatic rings. The quantitative estimate of drug-likeness (QED) is 0.897. The van der Waals surface area contributed by atoms with Crippen LogP contribution in [0.25, 0.3) is 5.69 Å². The van der Waals surface area contributed by atoms with Crippen LogP contribution in [0.4, 0.5) is 10.1 Å². The van der Waals surface area contributed by atoms with Crippen molar-refractivity contribution in [2.45, 2.75) is 44.1 Å². The second-order valence-corrected chi connectivity index (χ2v) is 5.93. The Bertz CT molecular complexity index is 683. The number of carbonyl (C=O) groups excluding carboxylic acids is 1. The molecule has 23 heavy (non-hydrogen) atoms. The maximum atomic E-state index is 13.9. The highest BCUT2D eigenvalue weighted by Crippen LogP contribution is 2.31. The fourth-order valence-electron chi connectivity index (χ4n) is 2.91. The first-order valence-corrected chi connectivity index (χ1v) is 7.61. The molecule has 0 spiro atoms. The molecule has 1 saturated carbocycles. The Morgan fingerprint density at radius 1 is 1.35 bits per heavy atom. The van der Waals surface area contributed by atoms with Gasteiger partial charge in [0.15, 0.2) is 0 Å². The molecule has 3 rings (SSSR count). The van der Waals surface area contributed by atoms with E-state index in [1.165, 1.54) is 29.2 Å². The molecule has 8 heteroatoms. The van der Waals surface area contributed by atoms with Crippen molar-refractivity contribution in [3.05, 3.63) is 30.3 Å². The van der Waals surface area contributed by atoms with E-state index in [2.05, 4.69) is 20.8 Å². The molecule has 1 amide bonds. The smallest absolute Gasteiger partial charge is 0.227 e. The standard InChI is InChI=1S/C15H18FN5O2/c16-12-5-4-11(21-10-17-19-20-21)8-13(12)18-14(22)9-15(23)6-2-1-3-7-15/h4-5,8,10,23H,1-3,6-7,9H2,(H,18,22). The lowest BCUT2D eigenvalue weighted by Gasteiger charge is -2.31. The van der Waals surface area contributed by atoms with E-state index in [4.69, 9.17) is 0 Å². The Morgan fingerprint density at radius 3 is 2.83 bits per heavy atom. The molecule has 1 heterocycles. The van der Waals surface area contributed by atoms with Gasteiger partial charge in [-0.3, -0.25) is 4.79 Å². The monoisotopic (exact) mass is 319 g/mol. The van der Waals surface area contributed by atoms with Gasteiger partial charge >= 0.3 is 0 Å². The maximum absolute atomic E-state index is 13.9. The normalized spacial score (nSPS) is 17.0. The highest BCUT2D eigenvalue weighted by atomic mass is 19.1. The summed E-state index contributed by atoms with van der Waals surface area (Å²) in [6, 6.07) is 4.20. The molecule has 122 valence electrons. The molecule has 1 aromatic carbocycles. The number of nitrogens with one attached hydrogen (secondary N) is 1. The van der Waals surface area contributed by atoms with Crippen molar-refractivity contribution in [3.8, 4) is 5.69 Å². The van der Waals surface area contributed by atoms with Crippen molar-refractivity contribution in [1.29, 1.82) is 0 Å². The number of aliphatic hydroxyl groups is 1. The van der Waals surface area contributed by atoms with Crippen LogP contribution in [0, 0.1) is 5.82 Å². The van der Waals surface area contributed by atoms with Gasteiger partial charge in [-0.25, -0.2) is 9.07 Å². The number of aromatic nitrogens is 4. The molecule has 0 saturated heterocycles. The van der Waals surface area contributed by atoms with Crippen molar-refractivity contribution in [2.75, 3.05) is 5.32 Å². The molecule has 1 aliphatic carbocycles. The number of amides is 1. The van der Waals surface area contributed by atoms with Crippen LogP contribution in [0.5, 0.6) is 0 Å². The van der Waals surface area contributed by atoms with Gasteiger partial charge in [-0.05, 0) is 41.5 Å². The molecule has 0 unspecified atom stereocenters. The van der Waals surface area contributed by atoms with Gasteiger partial charge in [-0.2, -0.15) is 0 Å². The highest BCUT2D eigenvalue weighted by Gasteiger charge is 2.31. The fraction of sp³-hybridized carbons (Fsp3) is 0.467. The Morgan fingerprint density at radius 2 is 2.13 bits per heavy atom. The second kappa shape index (κ2) is 6.41. The molecule has 2 aromatic rings. The zero-order valence-electron chi connectivity index (χ0n) is 12.6. The lowest BCUT2D eigenvalue weighted by molar-refractivity contribution is -0.122. The predicted octanol–water partition coefficient (Wildman–Crippen LogP) is 1.83. The molecule has 0 atom stereocenters. The van der Waals surface area contributed by atoms with Crippen LogP contribution in [0.3, 0.4) is 0 Å². The summed E-state index contributed by atoms with van der Waals surface area (Å²) in [5, 5.41) is 23.7. The van der Waals surface area contributed by atoms with Crippen LogP contribution in [-0.2, 0) is 4.79 Å². The van der Waals surface area contributed by atoms with Crippen LogP contribution < -0.4 is 5.32 Å². The Labute approximate surface area is 132 Å². The largest absolute Gasteiger partial charge is 0.389 e. The Hall–Kier alpha value is -2.35. The predicted molar refractivity (Wildman–Crippen MR) is 80.4 cm³/mol. The SMILES string of the molecule is O=C(CC1(O)CCCCC1)Nc1cc(-n2cnnn2)ccc1F. The number of hydrogen-bond donors (Lipinski definition) is 2. The number of carbonyl (C=O) groups is 1. The molecule has 1 fully saturated rings. The number of hydrogen-bond acceptors (Lipinski definition) is 5. The van der Waals surface area contributed by atoms with E-state index in [1.54, 1.807) is 0 Å². The number of rotatable bonds is 4. The van der Waals surface area contributed by atoms with Gasteiger partial charge < -0.3 is 10.4 Å². The van der Waals surface area contributed by atoms with Gasteiger partial charge in [-0.15, -0.1) is 5.10 Å². The third-order valence-electron chi connectivity index (χ3n) is 4.11. The summed E-state index contributed by atoms with van der Waals surface area (Å²) in [7, 11) is 0. The minimum Gasteiger partial charge on any atom is -0.389 e. The minimum absolute atomic E-state index is 0.0262. The first-order chi connectivity index (χ1) is 11.1. The Balaban J connectivity index is 1.71. The van der Waals surface area contributed by atoms with Crippen LogP contribution in [0.2, 0.25) is 0 Å². The number of halogens is 1. The van der Waals surface area contributed by atoms with Crippen molar-refractivity contribution in [1.82, 2.24) is 20.2 Å². The summed E-state index contributed by atoms with van der Waals surface area (Å²) in [4.78, 5) is 12.2. The van der Waals surface area contributed by atoms with Crippen molar-refractivity contribution >= 4 is 11.6 Å². The summed E-state index contributed by atoms with van der Waals surface area (Å²) in [6.07, 6.45) is 5.46. The molecular weight excluding hydrogens is 301 g/mol. The summed E-state index contributed by atoms with van der Waals surface area (Å²) in [6.45, 7) is 0. The number of anilines is 1. The molecule has 0 radical (unpaired) electrons. The van der Waals surface area contributed by atoms with Gasteiger partial charge in [0.25, 0.3) is 0 Å². The second-order valence-electron chi connectivity index (χ2n) is 5.93. The molecular formula is C15H18FN5O2. The van der Waals surface area contributed by atoms with Crippen LogP contribution in [0.15, 0.2) is 24.5 Å². The van der Waals surface area contributed by atoms with E-state index in [0.29, 0.717) is 18.5 Å². The van der Waals surface area contributed by atoms with Gasteiger partial charge in [0.2, 0.25) is 5.91 Å². The van der Waals surface area contributed by atoms with E-state index in [0.717, 1.165) is 19.3 Å². The lowest BCUT2D eigenvalue weighted by Crippen LogP contribution is -2.36. The van der Waals surface area contributed by atoms with Crippen LogP contribution in [0.1, 0.15) is 38.5 Å². The van der Waals surface area contributed by atoms with E-state index >= 15 is 0 Å². The first kappa shape index (κ1) is 15.5. The number of nitrogens with zero attached hydrogens (tertiary/aromatic N) is 4. The van der Waals surface area contributed by atoms with Crippen molar-refractivity contribution < 1.29 is 14.3 Å². The number of tetrazole rings is 1. The number of benzene rings is 1. The summed E-state index contributed by atoms with van der Waals surface area (Å²) in [5.41, 5.74) is -0.405. The van der Waals surface area contributed by atoms with Crippen molar-refractivity contribution in [3.63, 3.8) is 0 Å². The molecule has 0 bridgehead atoms. The Kier molecular flexibility index (Phi) is 4.33. The average molecular weight is 319 g/mol. The summed E-state index contributed by atoms with van der Waals surface area (Å²) in [5.74, 6) is -0.951. The van der Waals surface area contributed by atoms with E-state index in [9.17, 15) is 14.3 Å². The minimum atomic E-state index is -0.980. The molecule has 2 N–H and O–H groups in total. The van der Waals surface area contributed by atoms with Gasteiger partial charge in [-0.1, -0.05) is 19.3 Å². The molecule has 0 aliphatic heterocycles. The van der Waals surface area contributed by atoms with Gasteiger partial charge in [0, 0.05) is 0 Å². The first-order valence-electron chi connectivity index (χ1n) is 7.61. The third kappa shape index (κ3) is 3.70. The fourth-order valence-corrected chi connectivity index (χ4v) is 2.91. The van der Waals surface area contributed by atoms with Crippen molar-refractivity contribution in [2.24, 2.45) is 0 Å². The highest BCUT2D eigenvalue weighted by molar-refractivity contribution is 5.91. The van der Waals surface area contributed by atoms with E-state index in [1.807, 2.05) is 0 Å². The molecule has 7 nitrogen and oxygen atoms in total. The third-order valence-corrected chi connectivity index (χ3v) is 4.11. The van der Waals surface area contributed by atoms with Crippen LogP contribution in [-0.4, -0.2) is 36.8 Å². The lowest BCUT2D eigenvalue weighted by atomic mass is 9.82. The summed E-state index contributed by atoms with van der Waals surface area (Å²) < 4.78 is 15.3. The van der Waals surface area contributed by atoms with Gasteiger partial charge in [0.1, 0.15) is 12.1 Å². The van der Waals surface area contributed by atoms with E-state index < -0.39 is 17.3 Å². The average Bonchev–Trinajstić information content (AvgIpc) is 3.04. The van der Waals surface area contributed by atoms with Crippen LogP contribution >= 0.6 is 0 Å².